The molecular weight excluding hydrogens is 388 g/mol. The number of rotatable bonds is 5. The fraction of sp³-hybridized carbons (Fsp3) is 0.381. The number of ether oxygens (including phenoxy) is 1. The Kier molecular flexibility index (Phi) is 6.00. The molecule has 3 rings (SSSR count). The summed E-state index contributed by atoms with van der Waals surface area (Å²) in [7, 11) is 0. The topological polar surface area (TPSA) is 41.6 Å². The van der Waals surface area contributed by atoms with E-state index in [1.165, 1.54) is 13.0 Å². The summed E-state index contributed by atoms with van der Waals surface area (Å²) in [4.78, 5) is 12.9. The number of carbonyl (C=O) groups is 1. The largest absolute Gasteiger partial charge is 0.489 e. The number of hydrogen-bond acceptors (Lipinski definition) is 3. The van der Waals surface area contributed by atoms with Gasteiger partial charge in [-0.15, -0.1) is 0 Å². The molecule has 2 aromatic rings. The van der Waals surface area contributed by atoms with Crippen LogP contribution in [0.25, 0.3) is 0 Å². The maximum absolute atomic E-state index is 13.5. The highest BCUT2D eigenvalue weighted by atomic mass is 19.4. The van der Waals surface area contributed by atoms with Gasteiger partial charge in [0.1, 0.15) is 17.7 Å². The Balaban J connectivity index is 1.62. The molecule has 1 aliphatic rings. The Hall–Kier alpha value is -2.77. The van der Waals surface area contributed by atoms with Crippen molar-refractivity contribution in [3.05, 3.63) is 59.4 Å². The van der Waals surface area contributed by atoms with Crippen LogP contribution in [0.1, 0.15) is 37.4 Å². The number of nitrogens with zero attached hydrogens (tertiary/aromatic N) is 1. The van der Waals surface area contributed by atoms with E-state index >= 15 is 0 Å². The van der Waals surface area contributed by atoms with Crippen molar-refractivity contribution in [2.24, 2.45) is 0 Å². The summed E-state index contributed by atoms with van der Waals surface area (Å²) in [6.45, 7) is 4.26. The van der Waals surface area contributed by atoms with Gasteiger partial charge in [-0.05, 0) is 42.8 Å². The van der Waals surface area contributed by atoms with Crippen LogP contribution < -0.4 is 15.0 Å². The average molecular weight is 410 g/mol. The highest BCUT2D eigenvalue weighted by molar-refractivity contribution is 5.73. The zero-order chi connectivity index (χ0) is 21.2. The summed E-state index contributed by atoms with van der Waals surface area (Å²) in [5, 5.41) is 2.80. The number of amides is 1. The Labute approximate surface area is 166 Å². The van der Waals surface area contributed by atoms with Crippen molar-refractivity contribution < 1.29 is 27.1 Å². The third kappa shape index (κ3) is 5.19. The standard InChI is InChI=1S/C21H22F4N2O2/c1-13(26-14(2)28)15-3-6-17(7-4-15)29-18-9-10-27(12-18)16-5-8-20(22)19(11-16)21(23,24)25/h3-8,11,13,18H,9-10,12H2,1-2H3,(H,26,28)/t13-,18+/m0/s1. The second kappa shape index (κ2) is 8.31. The predicted octanol–water partition coefficient (Wildman–Crippen LogP) is 4.70. The van der Waals surface area contributed by atoms with Gasteiger partial charge in [0.25, 0.3) is 0 Å². The number of hydrogen-bond donors (Lipinski definition) is 1. The van der Waals surface area contributed by atoms with Gasteiger partial charge in [0.2, 0.25) is 5.91 Å². The van der Waals surface area contributed by atoms with Gasteiger partial charge in [0.15, 0.2) is 0 Å². The van der Waals surface area contributed by atoms with Crippen LogP contribution in [0.15, 0.2) is 42.5 Å². The van der Waals surface area contributed by atoms with E-state index in [1.54, 1.807) is 17.0 Å². The van der Waals surface area contributed by atoms with E-state index in [2.05, 4.69) is 5.32 Å². The molecule has 8 heteroatoms. The monoisotopic (exact) mass is 410 g/mol. The molecule has 4 nitrogen and oxygen atoms in total. The molecule has 0 bridgehead atoms. The Bertz CT molecular complexity index is 868. The molecule has 1 aliphatic heterocycles. The van der Waals surface area contributed by atoms with Crippen LogP contribution in [0.2, 0.25) is 0 Å². The van der Waals surface area contributed by atoms with E-state index in [1.807, 2.05) is 19.1 Å². The quantitative estimate of drug-likeness (QED) is 0.727. The highest BCUT2D eigenvalue weighted by Crippen LogP contribution is 2.35. The molecule has 156 valence electrons. The van der Waals surface area contributed by atoms with E-state index in [-0.39, 0.29) is 18.1 Å². The summed E-state index contributed by atoms with van der Waals surface area (Å²) < 4.78 is 58.2. The van der Waals surface area contributed by atoms with Crippen molar-refractivity contribution >= 4 is 11.6 Å². The van der Waals surface area contributed by atoms with Crippen LogP contribution in [0.3, 0.4) is 0 Å². The molecule has 1 saturated heterocycles. The molecule has 1 heterocycles. The second-order valence-electron chi connectivity index (χ2n) is 7.13. The minimum Gasteiger partial charge on any atom is -0.489 e. The van der Waals surface area contributed by atoms with Crippen LogP contribution in [0.4, 0.5) is 23.2 Å². The lowest BCUT2D eigenvalue weighted by molar-refractivity contribution is -0.140. The van der Waals surface area contributed by atoms with Crippen molar-refractivity contribution in [1.82, 2.24) is 5.32 Å². The second-order valence-corrected chi connectivity index (χ2v) is 7.13. The number of benzene rings is 2. The molecule has 0 saturated carbocycles. The Morgan fingerprint density at radius 3 is 2.52 bits per heavy atom. The molecule has 29 heavy (non-hydrogen) atoms. The lowest BCUT2D eigenvalue weighted by Gasteiger charge is -2.21. The van der Waals surface area contributed by atoms with Gasteiger partial charge in [-0.2, -0.15) is 13.2 Å². The Morgan fingerprint density at radius 1 is 1.21 bits per heavy atom. The molecule has 2 aromatic carbocycles. The molecule has 0 unspecified atom stereocenters. The number of carbonyl (C=O) groups excluding carboxylic acids is 1. The van der Waals surface area contributed by atoms with Crippen LogP contribution >= 0.6 is 0 Å². The van der Waals surface area contributed by atoms with E-state index in [4.69, 9.17) is 4.74 Å². The van der Waals surface area contributed by atoms with Crippen molar-refractivity contribution in [3.8, 4) is 5.75 Å². The first-order valence-electron chi connectivity index (χ1n) is 9.29. The predicted molar refractivity (Wildman–Crippen MR) is 101 cm³/mol. The van der Waals surface area contributed by atoms with E-state index in [0.717, 1.165) is 17.7 Å². The number of anilines is 1. The molecular formula is C21H22F4N2O2. The van der Waals surface area contributed by atoms with Crippen LogP contribution in [0.5, 0.6) is 5.75 Å². The van der Waals surface area contributed by atoms with Crippen molar-refractivity contribution in [3.63, 3.8) is 0 Å². The van der Waals surface area contributed by atoms with Gasteiger partial charge in [-0.25, -0.2) is 4.39 Å². The molecule has 0 radical (unpaired) electrons. The Morgan fingerprint density at radius 2 is 1.90 bits per heavy atom. The van der Waals surface area contributed by atoms with Crippen LogP contribution in [-0.4, -0.2) is 25.1 Å². The fourth-order valence-corrected chi connectivity index (χ4v) is 3.40. The third-order valence-corrected chi connectivity index (χ3v) is 4.87. The number of alkyl halides is 3. The summed E-state index contributed by atoms with van der Waals surface area (Å²) in [6.07, 6.45) is -4.28. The summed E-state index contributed by atoms with van der Waals surface area (Å²) >= 11 is 0. The zero-order valence-corrected chi connectivity index (χ0v) is 16.1. The summed E-state index contributed by atoms with van der Waals surface area (Å²) in [5.74, 6) is -0.745. The van der Waals surface area contributed by atoms with Gasteiger partial charge in [0, 0.05) is 25.6 Å². The molecule has 0 aromatic heterocycles. The summed E-state index contributed by atoms with van der Waals surface area (Å²) in [5.41, 5.74) is -0.000794. The van der Waals surface area contributed by atoms with Crippen LogP contribution in [0, 0.1) is 5.82 Å². The number of nitrogens with one attached hydrogen (secondary N) is 1. The smallest absolute Gasteiger partial charge is 0.419 e. The minimum atomic E-state index is -4.73. The van der Waals surface area contributed by atoms with E-state index < -0.39 is 17.6 Å². The van der Waals surface area contributed by atoms with E-state index in [0.29, 0.717) is 30.9 Å². The molecule has 1 fully saturated rings. The SMILES string of the molecule is CC(=O)N[C@@H](C)c1ccc(O[C@@H]2CCN(c3ccc(F)c(C(F)(F)F)c3)C2)cc1. The maximum Gasteiger partial charge on any atom is 0.419 e. The lowest BCUT2D eigenvalue weighted by Crippen LogP contribution is -2.25. The first-order chi connectivity index (χ1) is 13.6. The van der Waals surface area contributed by atoms with Gasteiger partial charge >= 0.3 is 6.18 Å². The average Bonchev–Trinajstić information content (AvgIpc) is 3.09. The number of halogens is 4. The molecule has 2 atom stereocenters. The fourth-order valence-electron chi connectivity index (χ4n) is 3.40. The van der Waals surface area contributed by atoms with Crippen molar-refractivity contribution in [2.45, 2.75) is 38.6 Å². The minimum absolute atomic E-state index is 0.113. The van der Waals surface area contributed by atoms with Gasteiger partial charge in [-0.1, -0.05) is 12.1 Å². The lowest BCUT2D eigenvalue weighted by atomic mass is 10.1. The summed E-state index contributed by atoms with van der Waals surface area (Å²) in [6, 6.07) is 10.2. The molecule has 1 amide bonds. The first-order valence-corrected chi connectivity index (χ1v) is 9.29. The third-order valence-electron chi connectivity index (χ3n) is 4.87. The molecule has 0 aliphatic carbocycles. The molecule has 0 spiro atoms. The first kappa shape index (κ1) is 21.0. The van der Waals surface area contributed by atoms with E-state index in [9.17, 15) is 22.4 Å². The van der Waals surface area contributed by atoms with Crippen molar-refractivity contribution in [2.75, 3.05) is 18.0 Å². The zero-order valence-electron chi connectivity index (χ0n) is 16.1. The maximum atomic E-state index is 13.5. The van der Waals surface area contributed by atoms with Crippen LogP contribution in [-0.2, 0) is 11.0 Å². The van der Waals surface area contributed by atoms with Crippen molar-refractivity contribution in [1.29, 1.82) is 0 Å². The van der Waals surface area contributed by atoms with Gasteiger partial charge in [-0.3, -0.25) is 4.79 Å². The molecule has 1 N–H and O–H groups in total. The normalized spacial score (nSPS) is 17.9. The van der Waals surface area contributed by atoms with Gasteiger partial charge < -0.3 is 15.0 Å². The highest BCUT2D eigenvalue weighted by Gasteiger charge is 2.35. The van der Waals surface area contributed by atoms with Gasteiger partial charge in [0.05, 0.1) is 18.2 Å².